The van der Waals surface area contributed by atoms with Crippen molar-refractivity contribution in [3.8, 4) is 0 Å². The quantitative estimate of drug-likeness (QED) is 0.664. The molecule has 1 heterocycles. The van der Waals surface area contributed by atoms with Crippen LogP contribution in [0, 0.1) is 0 Å². The van der Waals surface area contributed by atoms with Gasteiger partial charge in [0.25, 0.3) is 0 Å². The number of alkyl halides is 1. The summed E-state index contributed by atoms with van der Waals surface area (Å²) < 4.78 is 0. The Bertz CT molecular complexity index is 397. The zero-order chi connectivity index (χ0) is 13.0. The lowest BCUT2D eigenvalue weighted by Crippen LogP contribution is -2.33. The molecule has 1 aliphatic rings. The first-order chi connectivity index (χ1) is 8.66. The molecule has 1 amide bonds. The first-order valence-corrected chi connectivity index (χ1v) is 7.65. The van der Waals surface area contributed by atoms with E-state index >= 15 is 0 Å². The monoisotopic (exact) mass is 283 g/mol. The summed E-state index contributed by atoms with van der Waals surface area (Å²) >= 11 is 7.53. The number of nitrogens with one attached hydrogen (secondary N) is 1. The summed E-state index contributed by atoms with van der Waals surface area (Å²) in [6.45, 7) is 2.70. The van der Waals surface area contributed by atoms with Crippen LogP contribution in [0.4, 0.5) is 0 Å². The Morgan fingerprint density at radius 3 is 3.06 bits per heavy atom. The zero-order valence-corrected chi connectivity index (χ0v) is 12.1. The van der Waals surface area contributed by atoms with Gasteiger partial charge in [0.2, 0.25) is 5.91 Å². The third-order valence-corrected chi connectivity index (χ3v) is 4.55. The highest BCUT2D eigenvalue weighted by Gasteiger charge is 2.27. The van der Waals surface area contributed by atoms with Crippen molar-refractivity contribution < 1.29 is 4.79 Å². The number of halogens is 1. The third-order valence-electron chi connectivity index (χ3n) is 3.02. The van der Waals surface area contributed by atoms with Crippen LogP contribution in [0.15, 0.2) is 29.2 Å². The number of fused-ring (bicyclic) bond motifs is 1. The number of carbonyl (C=O) groups is 1. The maximum atomic E-state index is 12.0. The van der Waals surface area contributed by atoms with Gasteiger partial charge in [0.1, 0.15) is 0 Å². The molecule has 0 bridgehead atoms. The molecule has 2 atom stereocenters. The number of hydrogen-bond acceptors (Lipinski definition) is 2. The summed E-state index contributed by atoms with van der Waals surface area (Å²) in [5, 5.41) is 3.22. The topological polar surface area (TPSA) is 29.1 Å². The van der Waals surface area contributed by atoms with Crippen molar-refractivity contribution >= 4 is 29.3 Å². The molecule has 98 valence electrons. The molecule has 0 aliphatic carbocycles. The van der Waals surface area contributed by atoms with E-state index in [1.54, 1.807) is 11.8 Å². The Morgan fingerprint density at radius 2 is 2.33 bits per heavy atom. The summed E-state index contributed by atoms with van der Waals surface area (Å²) in [7, 11) is 0. The van der Waals surface area contributed by atoms with Crippen LogP contribution in [0.5, 0.6) is 0 Å². The average molecular weight is 284 g/mol. The number of rotatable bonds is 5. The van der Waals surface area contributed by atoms with Crippen LogP contribution >= 0.6 is 23.4 Å². The second-order valence-electron chi connectivity index (χ2n) is 4.63. The van der Waals surface area contributed by atoms with E-state index in [0.29, 0.717) is 0 Å². The lowest BCUT2D eigenvalue weighted by atomic mass is 10.1. The predicted octanol–water partition coefficient (Wildman–Crippen LogP) is 3.23. The molecule has 2 unspecified atom stereocenters. The van der Waals surface area contributed by atoms with Crippen LogP contribution in [0.2, 0.25) is 0 Å². The first-order valence-electron chi connectivity index (χ1n) is 6.33. The standard InChI is InChI=1S/C14H18ClNOS/c1-10(15)5-4-8-16-14(17)13-9-11-6-2-3-7-12(11)18-13/h2-3,6-7,10,13H,4-5,8-9H2,1H3,(H,16,17). The van der Waals surface area contributed by atoms with Crippen LogP contribution in [-0.4, -0.2) is 23.1 Å². The van der Waals surface area contributed by atoms with E-state index in [9.17, 15) is 4.79 Å². The van der Waals surface area contributed by atoms with Crippen molar-refractivity contribution in [1.82, 2.24) is 5.32 Å². The highest BCUT2D eigenvalue weighted by Crippen LogP contribution is 2.36. The molecule has 0 saturated heterocycles. The fourth-order valence-corrected chi connectivity index (χ4v) is 3.41. The van der Waals surface area contributed by atoms with E-state index in [1.807, 2.05) is 19.1 Å². The van der Waals surface area contributed by atoms with E-state index < -0.39 is 0 Å². The predicted molar refractivity (Wildman–Crippen MR) is 77.3 cm³/mol. The van der Waals surface area contributed by atoms with Crippen molar-refractivity contribution in [1.29, 1.82) is 0 Å². The van der Waals surface area contributed by atoms with E-state index in [1.165, 1.54) is 10.5 Å². The van der Waals surface area contributed by atoms with Gasteiger partial charge in [-0.1, -0.05) is 18.2 Å². The lowest BCUT2D eigenvalue weighted by molar-refractivity contribution is -0.120. The molecule has 2 rings (SSSR count). The summed E-state index contributed by atoms with van der Waals surface area (Å²) in [4.78, 5) is 13.2. The van der Waals surface area contributed by atoms with Crippen LogP contribution in [0.25, 0.3) is 0 Å². The molecule has 4 heteroatoms. The Balaban J connectivity index is 1.76. The van der Waals surface area contributed by atoms with Crippen molar-refractivity contribution in [3.63, 3.8) is 0 Å². The van der Waals surface area contributed by atoms with Crippen LogP contribution in [0.3, 0.4) is 0 Å². The van der Waals surface area contributed by atoms with Gasteiger partial charge in [-0.3, -0.25) is 4.79 Å². The highest BCUT2D eigenvalue weighted by atomic mass is 35.5. The van der Waals surface area contributed by atoms with Crippen molar-refractivity contribution in [2.75, 3.05) is 6.54 Å². The van der Waals surface area contributed by atoms with Crippen molar-refractivity contribution in [2.24, 2.45) is 0 Å². The fraction of sp³-hybridized carbons (Fsp3) is 0.500. The summed E-state index contributed by atoms with van der Waals surface area (Å²) in [5.41, 5.74) is 1.29. The zero-order valence-electron chi connectivity index (χ0n) is 10.5. The summed E-state index contributed by atoms with van der Waals surface area (Å²) in [6.07, 6.45) is 2.74. The molecule has 1 aliphatic heterocycles. The number of carbonyl (C=O) groups excluding carboxylic acids is 1. The van der Waals surface area contributed by atoms with E-state index in [4.69, 9.17) is 11.6 Å². The maximum Gasteiger partial charge on any atom is 0.233 e. The third kappa shape index (κ3) is 3.66. The molecule has 18 heavy (non-hydrogen) atoms. The van der Waals surface area contributed by atoms with Crippen LogP contribution in [-0.2, 0) is 11.2 Å². The molecule has 0 spiro atoms. The number of thioether (sulfide) groups is 1. The Morgan fingerprint density at radius 1 is 1.56 bits per heavy atom. The fourth-order valence-electron chi connectivity index (χ4n) is 2.04. The average Bonchev–Trinajstić information content (AvgIpc) is 2.78. The van der Waals surface area contributed by atoms with Gasteiger partial charge in [-0.2, -0.15) is 0 Å². The summed E-state index contributed by atoms with van der Waals surface area (Å²) in [6, 6.07) is 8.24. The van der Waals surface area contributed by atoms with E-state index in [-0.39, 0.29) is 16.5 Å². The van der Waals surface area contributed by atoms with Gasteiger partial charge in [0.15, 0.2) is 0 Å². The normalized spacial score (nSPS) is 19.3. The molecule has 1 aromatic rings. The van der Waals surface area contributed by atoms with Crippen molar-refractivity contribution in [3.05, 3.63) is 29.8 Å². The van der Waals surface area contributed by atoms with Gasteiger partial charge in [-0.15, -0.1) is 23.4 Å². The smallest absolute Gasteiger partial charge is 0.233 e. The second kappa shape index (κ2) is 6.48. The Hall–Kier alpha value is -0.670. The molecular weight excluding hydrogens is 266 g/mol. The van der Waals surface area contributed by atoms with Gasteiger partial charge in [-0.05, 0) is 37.8 Å². The number of hydrogen-bond donors (Lipinski definition) is 1. The van der Waals surface area contributed by atoms with Gasteiger partial charge in [0, 0.05) is 16.8 Å². The van der Waals surface area contributed by atoms with Gasteiger partial charge < -0.3 is 5.32 Å². The SMILES string of the molecule is CC(Cl)CCCNC(=O)C1Cc2ccccc2S1. The molecule has 0 aromatic heterocycles. The second-order valence-corrected chi connectivity index (χ2v) is 6.62. The molecule has 0 saturated carbocycles. The Labute approximate surface area is 117 Å². The molecule has 0 radical (unpaired) electrons. The largest absolute Gasteiger partial charge is 0.355 e. The number of amides is 1. The van der Waals surface area contributed by atoms with Crippen molar-refractivity contribution in [2.45, 2.75) is 41.7 Å². The summed E-state index contributed by atoms with van der Waals surface area (Å²) in [5.74, 6) is 0.151. The van der Waals surface area contributed by atoms with Gasteiger partial charge in [-0.25, -0.2) is 0 Å². The first kappa shape index (κ1) is 13.8. The van der Waals surface area contributed by atoms with E-state index in [2.05, 4.69) is 17.4 Å². The molecule has 1 aromatic carbocycles. The molecule has 0 fully saturated rings. The van der Waals surface area contributed by atoms with Gasteiger partial charge in [0.05, 0.1) is 5.25 Å². The lowest BCUT2D eigenvalue weighted by Gasteiger charge is -2.10. The van der Waals surface area contributed by atoms with Crippen LogP contribution in [0.1, 0.15) is 25.3 Å². The molecule has 2 nitrogen and oxygen atoms in total. The number of benzene rings is 1. The molecule has 1 N–H and O–H groups in total. The van der Waals surface area contributed by atoms with Gasteiger partial charge >= 0.3 is 0 Å². The molecular formula is C14H18ClNOS. The van der Waals surface area contributed by atoms with E-state index in [0.717, 1.165) is 25.8 Å². The minimum Gasteiger partial charge on any atom is -0.355 e. The Kier molecular flexibility index (Phi) is 4.95. The highest BCUT2D eigenvalue weighted by molar-refractivity contribution is 8.01. The maximum absolute atomic E-state index is 12.0. The minimum atomic E-state index is 0.0378. The minimum absolute atomic E-state index is 0.0378. The van der Waals surface area contributed by atoms with Crippen LogP contribution < -0.4 is 5.32 Å².